The molecule has 1 aromatic carbocycles. The van der Waals surface area contributed by atoms with Crippen LogP contribution in [0.4, 0.5) is 0 Å². The SMILES string of the molecule is COc1ccc(Br)cc1-c1ncon1. The lowest BCUT2D eigenvalue weighted by Crippen LogP contribution is -1.89. The summed E-state index contributed by atoms with van der Waals surface area (Å²) in [5.74, 6) is 1.23. The first kappa shape index (κ1) is 9.21. The van der Waals surface area contributed by atoms with Crippen LogP contribution in [0.1, 0.15) is 0 Å². The molecule has 0 saturated carbocycles. The van der Waals surface area contributed by atoms with E-state index in [-0.39, 0.29) is 0 Å². The van der Waals surface area contributed by atoms with Gasteiger partial charge in [0.1, 0.15) is 5.75 Å². The van der Waals surface area contributed by atoms with Crippen molar-refractivity contribution in [2.24, 2.45) is 0 Å². The summed E-state index contributed by atoms with van der Waals surface area (Å²) >= 11 is 3.37. The zero-order valence-corrected chi connectivity index (χ0v) is 8.98. The first-order valence-corrected chi connectivity index (χ1v) is 4.71. The Kier molecular flexibility index (Phi) is 2.49. The van der Waals surface area contributed by atoms with Gasteiger partial charge in [0, 0.05) is 4.47 Å². The summed E-state index contributed by atoms with van der Waals surface area (Å²) in [6.45, 7) is 0. The molecule has 72 valence electrons. The van der Waals surface area contributed by atoms with E-state index in [2.05, 4.69) is 30.6 Å². The molecule has 0 saturated heterocycles. The zero-order chi connectivity index (χ0) is 9.97. The standard InChI is InChI=1S/C9H7BrN2O2/c1-13-8-3-2-6(10)4-7(8)9-11-5-14-12-9/h2-5H,1H3. The molecule has 0 aliphatic heterocycles. The minimum absolute atomic E-state index is 0.517. The summed E-state index contributed by atoms with van der Waals surface area (Å²) in [7, 11) is 1.60. The van der Waals surface area contributed by atoms with Gasteiger partial charge in [0.15, 0.2) is 0 Å². The summed E-state index contributed by atoms with van der Waals surface area (Å²) in [5.41, 5.74) is 0.802. The van der Waals surface area contributed by atoms with Crippen molar-refractivity contribution >= 4 is 15.9 Å². The Bertz CT molecular complexity index is 428. The maximum Gasteiger partial charge on any atom is 0.214 e. The Hall–Kier alpha value is -1.36. The van der Waals surface area contributed by atoms with Crippen LogP contribution in [0.15, 0.2) is 33.6 Å². The van der Waals surface area contributed by atoms with Gasteiger partial charge < -0.3 is 9.26 Å². The van der Waals surface area contributed by atoms with Gasteiger partial charge in [-0.25, -0.2) is 0 Å². The Morgan fingerprint density at radius 3 is 2.93 bits per heavy atom. The van der Waals surface area contributed by atoms with Crippen molar-refractivity contribution in [1.29, 1.82) is 0 Å². The number of aromatic nitrogens is 2. The Labute approximate surface area is 89.0 Å². The minimum atomic E-state index is 0.517. The molecule has 2 aromatic rings. The van der Waals surface area contributed by atoms with E-state index in [0.29, 0.717) is 5.82 Å². The van der Waals surface area contributed by atoms with Crippen LogP contribution in [0.2, 0.25) is 0 Å². The molecule has 0 atom stereocenters. The first-order chi connectivity index (χ1) is 6.81. The fraction of sp³-hybridized carbons (Fsp3) is 0.111. The molecule has 0 aliphatic carbocycles. The van der Waals surface area contributed by atoms with Crippen molar-refractivity contribution in [1.82, 2.24) is 10.1 Å². The molecule has 0 amide bonds. The van der Waals surface area contributed by atoms with Gasteiger partial charge in [0.2, 0.25) is 12.2 Å². The number of benzene rings is 1. The average molecular weight is 255 g/mol. The molecule has 4 nitrogen and oxygen atoms in total. The van der Waals surface area contributed by atoms with Crippen LogP contribution in [0.3, 0.4) is 0 Å². The topological polar surface area (TPSA) is 48.2 Å². The monoisotopic (exact) mass is 254 g/mol. The molecular weight excluding hydrogens is 248 g/mol. The molecule has 0 fully saturated rings. The van der Waals surface area contributed by atoms with E-state index in [1.807, 2.05) is 18.2 Å². The molecule has 5 heteroatoms. The van der Waals surface area contributed by atoms with Crippen molar-refractivity contribution in [3.05, 3.63) is 29.1 Å². The fourth-order valence-corrected chi connectivity index (χ4v) is 1.51. The van der Waals surface area contributed by atoms with Gasteiger partial charge in [-0.1, -0.05) is 21.1 Å². The fourth-order valence-electron chi connectivity index (χ4n) is 1.14. The summed E-state index contributed by atoms with van der Waals surface area (Å²) in [6, 6.07) is 5.61. The first-order valence-electron chi connectivity index (χ1n) is 3.91. The predicted octanol–water partition coefficient (Wildman–Crippen LogP) is 2.51. The lowest BCUT2D eigenvalue weighted by molar-refractivity contribution is 0.410. The van der Waals surface area contributed by atoms with Crippen LogP contribution in [0, 0.1) is 0 Å². The van der Waals surface area contributed by atoms with Crippen LogP contribution in [-0.4, -0.2) is 17.3 Å². The molecule has 0 radical (unpaired) electrons. The Morgan fingerprint density at radius 2 is 2.29 bits per heavy atom. The van der Waals surface area contributed by atoms with E-state index in [9.17, 15) is 0 Å². The van der Waals surface area contributed by atoms with E-state index in [1.54, 1.807) is 7.11 Å². The molecule has 0 spiro atoms. The van der Waals surface area contributed by atoms with Crippen molar-refractivity contribution in [2.45, 2.75) is 0 Å². The number of methoxy groups -OCH3 is 1. The number of nitrogens with zero attached hydrogens (tertiary/aromatic N) is 2. The second kappa shape index (κ2) is 3.79. The zero-order valence-electron chi connectivity index (χ0n) is 7.40. The average Bonchev–Trinajstić information content (AvgIpc) is 2.70. The third kappa shape index (κ3) is 1.63. The molecule has 0 aliphatic rings. The normalized spacial score (nSPS) is 10.1. The minimum Gasteiger partial charge on any atom is -0.496 e. The second-order valence-corrected chi connectivity index (χ2v) is 3.52. The van der Waals surface area contributed by atoms with Gasteiger partial charge in [0.25, 0.3) is 0 Å². The predicted molar refractivity (Wildman–Crippen MR) is 54.0 cm³/mol. The van der Waals surface area contributed by atoms with Gasteiger partial charge in [-0.2, -0.15) is 4.98 Å². The third-order valence-electron chi connectivity index (χ3n) is 1.76. The molecule has 1 aromatic heterocycles. The quantitative estimate of drug-likeness (QED) is 0.827. The summed E-state index contributed by atoms with van der Waals surface area (Å²) < 4.78 is 10.8. The molecule has 2 rings (SSSR count). The Morgan fingerprint density at radius 1 is 1.43 bits per heavy atom. The lowest BCUT2D eigenvalue weighted by atomic mass is 10.2. The number of halogens is 1. The largest absolute Gasteiger partial charge is 0.496 e. The van der Waals surface area contributed by atoms with Gasteiger partial charge in [0.05, 0.1) is 12.7 Å². The Balaban J connectivity index is 2.55. The molecule has 0 N–H and O–H groups in total. The smallest absolute Gasteiger partial charge is 0.214 e. The molecular formula is C9H7BrN2O2. The van der Waals surface area contributed by atoms with Crippen LogP contribution in [0.5, 0.6) is 5.75 Å². The van der Waals surface area contributed by atoms with Crippen molar-refractivity contribution in [2.75, 3.05) is 7.11 Å². The molecule has 14 heavy (non-hydrogen) atoms. The summed E-state index contributed by atoms with van der Waals surface area (Å²) in [4.78, 5) is 3.96. The maximum absolute atomic E-state index is 5.18. The van der Waals surface area contributed by atoms with Gasteiger partial charge in [-0.05, 0) is 18.2 Å². The van der Waals surface area contributed by atoms with Crippen LogP contribution >= 0.6 is 15.9 Å². The van der Waals surface area contributed by atoms with Gasteiger partial charge in [-0.15, -0.1) is 0 Å². The van der Waals surface area contributed by atoms with Crippen LogP contribution in [0.25, 0.3) is 11.4 Å². The van der Waals surface area contributed by atoms with Gasteiger partial charge in [-0.3, -0.25) is 0 Å². The highest BCUT2D eigenvalue weighted by atomic mass is 79.9. The van der Waals surface area contributed by atoms with Crippen molar-refractivity contribution in [3.63, 3.8) is 0 Å². The maximum atomic E-state index is 5.18. The number of rotatable bonds is 2. The lowest BCUT2D eigenvalue weighted by Gasteiger charge is -2.04. The molecule has 1 heterocycles. The highest BCUT2D eigenvalue weighted by Gasteiger charge is 2.10. The van der Waals surface area contributed by atoms with Crippen LogP contribution in [-0.2, 0) is 0 Å². The summed E-state index contributed by atoms with van der Waals surface area (Å²) in [6.07, 6.45) is 1.29. The van der Waals surface area contributed by atoms with E-state index in [1.165, 1.54) is 6.39 Å². The van der Waals surface area contributed by atoms with E-state index >= 15 is 0 Å². The van der Waals surface area contributed by atoms with Gasteiger partial charge >= 0.3 is 0 Å². The number of hydrogen-bond donors (Lipinski definition) is 0. The second-order valence-electron chi connectivity index (χ2n) is 2.60. The summed E-state index contributed by atoms with van der Waals surface area (Å²) in [5, 5.41) is 3.75. The van der Waals surface area contributed by atoms with Crippen LogP contribution < -0.4 is 4.74 Å². The van der Waals surface area contributed by atoms with E-state index < -0.39 is 0 Å². The highest BCUT2D eigenvalue weighted by Crippen LogP contribution is 2.29. The number of ether oxygens (including phenoxy) is 1. The molecule has 0 unspecified atom stereocenters. The van der Waals surface area contributed by atoms with Crippen molar-refractivity contribution < 1.29 is 9.26 Å². The van der Waals surface area contributed by atoms with Crippen molar-refractivity contribution in [3.8, 4) is 17.1 Å². The third-order valence-corrected chi connectivity index (χ3v) is 2.26. The van der Waals surface area contributed by atoms with E-state index in [0.717, 1.165) is 15.8 Å². The van der Waals surface area contributed by atoms with E-state index in [4.69, 9.17) is 4.74 Å². The number of hydrogen-bond acceptors (Lipinski definition) is 4. The highest BCUT2D eigenvalue weighted by molar-refractivity contribution is 9.10. The molecule has 0 bridgehead atoms.